The van der Waals surface area contributed by atoms with Crippen molar-refractivity contribution in [2.24, 2.45) is 4.99 Å². The van der Waals surface area contributed by atoms with Gasteiger partial charge in [-0.05, 0) is 56.6 Å². The zero-order valence-electron chi connectivity index (χ0n) is 23.4. The molecule has 1 fully saturated rings. The van der Waals surface area contributed by atoms with E-state index in [2.05, 4.69) is 49.6 Å². The van der Waals surface area contributed by atoms with Crippen molar-refractivity contribution in [3.63, 3.8) is 0 Å². The van der Waals surface area contributed by atoms with Crippen molar-refractivity contribution in [2.75, 3.05) is 26.8 Å². The van der Waals surface area contributed by atoms with Gasteiger partial charge in [-0.25, -0.2) is 4.79 Å². The molecule has 6 rings (SSSR count). The third kappa shape index (κ3) is 6.63. The highest BCUT2D eigenvalue weighted by atomic mass is 35.5. The summed E-state index contributed by atoms with van der Waals surface area (Å²) in [5.41, 5.74) is 5.88. The number of likely N-dealkylation sites (N-methyl/N-ethyl adjacent to an activating group) is 1. The van der Waals surface area contributed by atoms with Crippen molar-refractivity contribution < 1.29 is 27.8 Å². The maximum atomic E-state index is 10.6. The first-order valence-electron chi connectivity index (χ1n) is 13.5. The Labute approximate surface area is 250 Å². The number of hydrogen-bond donors (Lipinski definition) is 2. The van der Waals surface area contributed by atoms with Crippen LogP contribution in [0.5, 0.6) is 0 Å². The molecule has 1 saturated carbocycles. The maximum Gasteiger partial charge on any atom is 0.490 e. The summed E-state index contributed by atoms with van der Waals surface area (Å²) in [5.74, 6) is -0.972. The van der Waals surface area contributed by atoms with Gasteiger partial charge in [-0.2, -0.15) is 18.3 Å². The van der Waals surface area contributed by atoms with Gasteiger partial charge >= 0.3 is 12.1 Å². The molecule has 1 aliphatic carbocycles. The van der Waals surface area contributed by atoms with Gasteiger partial charge in [0, 0.05) is 34.5 Å². The van der Waals surface area contributed by atoms with E-state index in [4.69, 9.17) is 31.2 Å². The molecule has 2 N–H and O–H groups in total. The molecule has 10 nitrogen and oxygen atoms in total. The third-order valence-corrected chi connectivity index (χ3v) is 7.32. The quantitative estimate of drug-likeness (QED) is 0.273. The van der Waals surface area contributed by atoms with Crippen molar-refractivity contribution in [2.45, 2.75) is 38.0 Å². The first kappa shape index (κ1) is 30.4. The lowest BCUT2D eigenvalue weighted by Gasteiger charge is -2.14. The Hall–Kier alpha value is -4.07. The minimum Gasteiger partial charge on any atom is -0.475 e. The first-order valence-corrected chi connectivity index (χ1v) is 13.9. The van der Waals surface area contributed by atoms with E-state index in [9.17, 15) is 13.2 Å². The van der Waals surface area contributed by atoms with Crippen molar-refractivity contribution >= 4 is 23.3 Å². The molecule has 3 heterocycles. The number of benzene rings is 2. The number of carbonyl (C=O) groups is 1. The number of aromatic nitrogens is 5. The van der Waals surface area contributed by atoms with E-state index in [0.29, 0.717) is 24.8 Å². The molecule has 0 amide bonds. The molecule has 1 aliphatic heterocycles. The van der Waals surface area contributed by atoms with Crippen molar-refractivity contribution in [1.29, 1.82) is 0 Å². The van der Waals surface area contributed by atoms with E-state index < -0.39 is 12.1 Å². The maximum absolute atomic E-state index is 10.6. The molecule has 0 bridgehead atoms. The van der Waals surface area contributed by atoms with Crippen molar-refractivity contribution in [3.8, 4) is 16.8 Å². The van der Waals surface area contributed by atoms with Gasteiger partial charge in [0.25, 0.3) is 0 Å². The van der Waals surface area contributed by atoms with Crippen LogP contribution < -0.4 is 5.32 Å². The van der Waals surface area contributed by atoms with Crippen molar-refractivity contribution in [3.05, 3.63) is 82.7 Å². The Morgan fingerprint density at radius 1 is 1.09 bits per heavy atom. The van der Waals surface area contributed by atoms with Crippen LogP contribution in [0.25, 0.3) is 16.8 Å². The Morgan fingerprint density at radius 2 is 1.79 bits per heavy atom. The molecule has 1 spiro atoms. The number of carboxylic acids is 1. The van der Waals surface area contributed by atoms with Gasteiger partial charge in [-0.1, -0.05) is 29.8 Å². The average Bonchev–Trinajstić information content (AvgIpc) is 3.45. The number of aliphatic carboxylic acids is 1. The number of alkyl halides is 3. The molecule has 0 saturated heterocycles. The summed E-state index contributed by atoms with van der Waals surface area (Å²) in [6.07, 6.45) is 0.818. The van der Waals surface area contributed by atoms with Crippen LogP contribution in [0.4, 0.5) is 13.2 Å². The summed E-state index contributed by atoms with van der Waals surface area (Å²) in [5, 5.41) is 24.4. The molecule has 43 heavy (non-hydrogen) atoms. The predicted octanol–water partition coefficient (Wildman–Crippen LogP) is 4.80. The van der Waals surface area contributed by atoms with Crippen LogP contribution in [0.1, 0.15) is 35.6 Å². The predicted molar refractivity (Wildman–Crippen MR) is 154 cm³/mol. The molecule has 2 aromatic carbocycles. The number of halogens is 4. The Bertz CT molecular complexity index is 1640. The summed E-state index contributed by atoms with van der Waals surface area (Å²) in [4.78, 5) is 14.2. The Balaban J connectivity index is 0.000000472. The molecular weight excluding hydrogens is 587 g/mol. The van der Waals surface area contributed by atoms with Gasteiger partial charge in [0.1, 0.15) is 11.4 Å². The van der Waals surface area contributed by atoms with Gasteiger partial charge in [0.05, 0.1) is 37.4 Å². The number of ether oxygens (including phenoxy) is 1. The van der Waals surface area contributed by atoms with E-state index in [-0.39, 0.29) is 5.54 Å². The summed E-state index contributed by atoms with van der Waals surface area (Å²) >= 11 is 6.21. The number of fused-ring (bicyclic) bond motifs is 4. The summed E-state index contributed by atoms with van der Waals surface area (Å²) in [7, 11) is 1.92. The minimum absolute atomic E-state index is 0.326. The van der Waals surface area contributed by atoms with Gasteiger partial charge in [0.2, 0.25) is 0 Å². The number of aryl methyl sites for hydroxylation is 1. The molecule has 226 valence electrons. The van der Waals surface area contributed by atoms with E-state index in [0.717, 1.165) is 64.7 Å². The monoisotopic (exact) mass is 615 g/mol. The van der Waals surface area contributed by atoms with Crippen LogP contribution in [-0.2, 0) is 21.6 Å². The second-order valence-corrected chi connectivity index (χ2v) is 10.6. The zero-order valence-corrected chi connectivity index (χ0v) is 24.2. The van der Waals surface area contributed by atoms with Crippen LogP contribution in [0.3, 0.4) is 0 Å². The SMILES string of the molecule is CNCCOCCn1cc(-c2ccc3c(c2)C(c2ccc(Cl)cc2)=NC2(CC2)c2nnc(C)n2-3)cn1.O=C(O)C(F)(F)F. The standard InChI is InChI=1S/C27H28ClN7O.C2HF3O2/c1-18-32-33-26-27(9-10-27)31-25(19-3-6-22(28)7-4-19)23-15-20(5-8-24(23)35(18)26)21-16-30-34(17-21)12-14-36-13-11-29-2;3-2(4,5)1(6)7/h3-8,15-17,29H,9-14H2,1-2H3;(H,6,7). The largest absolute Gasteiger partial charge is 0.490 e. The second-order valence-electron chi connectivity index (χ2n) is 10.1. The van der Waals surface area contributed by atoms with Crippen LogP contribution in [0, 0.1) is 6.92 Å². The Morgan fingerprint density at radius 3 is 2.44 bits per heavy atom. The second kappa shape index (κ2) is 12.3. The summed E-state index contributed by atoms with van der Waals surface area (Å²) < 4.78 is 41.5. The Kier molecular flexibility index (Phi) is 8.67. The van der Waals surface area contributed by atoms with E-state index >= 15 is 0 Å². The lowest BCUT2D eigenvalue weighted by Crippen LogP contribution is -2.21. The lowest BCUT2D eigenvalue weighted by molar-refractivity contribution is -0.192. The summed E-state index contributed by atoms with van der Waals surface area (Å²) in [6, 6.07) is 14.4. The molecule has 0 atom stereocenters. The van der Waals surface area contributed by atoms with E-state index in [1.807, 2.05) is 49.1 Å². The number of nitrogens with zero attached hydrogens (tertiary/aromatic N) is 6. The highest BCUT2D eigenvalue weighted by Gasteiger charge is 2.51. The smallest absolute Gasteiger partial charge is 0.475 e. The topological polar surface area (TPSA) is 119 Å². The van der Waals surface area contributed by atoms with Crippen LogP contribution in [-0.4, -0.2) is 74.3 Å². The number of carboxylic acid groups (broad SMARTS) is 1. The van der Waals surface area contributed by atoms with Crippen molar-refractivity contribution in [1.82, 2.24) is 29.9 Å². The van der Waals surface area contributed by atoms with E-state index in [1.54, 1.807) is 0 Å². The van der Waals surface area contributed by atoms with Crippen LogP contribution in [0.15, 0.2) is 59.9 Å². The van der Waals surface area contributed by atoms with Gasteiger partial charge in [0.15, 0.2) is 5.82 Å². The van der Waals surface area contributed by atoms with Crippen LogP contribution >= 0.6 is 11.6 Å². The zero-order chi connectivity index (χ0) is 30.8. The molecule has 2 aromatic heterocycles. The van der Waals surface area contributed by atoms with Gasteiger partial charge in [-0.15, -0.1) is 10.2 Å². The fourth-order valence-electron chi connectivity index (χ4n) is 4.73. The number of rotatable bonds is 8. The third-order valence-electron chi connectivity index (χ3n) is 7.07. The molecular formula is C29H29ClF3N7O3. The molecule has 0 radical (unpaired) electrons. The highest BCUT2D eigenvalue weighted by molar-refractivity contribution is 6.30. The molecule has 14 heteroatoms. The minimum atomic E-state index is -5.08. The molecule has 0 unspecified atom stereocenters. The number of hydrogen-bond acceptors (Lipinski definition) is 7. The number of nitrogens with one attached hydrogen (secondary N) is 1. The highest BCUT2D eigenvalue weighted by Crippen LogP contribution is 2.51. The summed E-state index contributed by atoms with van der Waals surface area (Å²) in [6.45, 7) is 4.86. The first-order chi connectivity index (χ1) is 20.5. The molecule has 4 aromatic rings. The number of aliphatic imine (C=N–C) groups is 1. The van der Waals surface area contributed by atoms with E-state index in [1.165, 1.54) is 0 Å². The van der Waals surface area contributed by atoms with Crippen LogP contribution in [0.2, 0.25) is 5.02 Å². The fourth-order valence-corrected chi connectivity index (χ4v) is 4.85. The fraction of sp³-hybridized carbons (Fsp3) is 0.345. The molecule has 2 aliphatic rings. The normalized spacial score (nSPS) is 14.7. The van der Waals surface area contributed by atoms with Gasteiger partial charge in [-0.3, -0.25) is 14.2 Å². The van der Waals surface area contributed by atoms with Gasteiger partial charge < -0.3 is 15.2 Å². The lowest BCUT2D eigenvalue weighted by atomic mass is 9.96. The average molecular weight is 616 g/mol.